The standard InChI is InChI=1S/C23H21BrN6O4/c1-29-19-13-26-18(21(31)28-12-14-2-7-20(25)27-11-14)10-17(19)22(32)30(23(29)33)8-9-34-16-5-3-15(24)4-6-16/h2-7,10-11,13H,8-9,12H2,1H3,(H2,25,27)(H,28,31). The third kappa shape index (κ3) is 4.99. The number of anilines is 1. The molecule has 0 aliphatic rings. The number of carbonyl (C=O) groups excluding carboxylic acids is 1. The summed E-state index contributed by atoms with van der Waals surface area (Å²) < 4.78 is 8.98. The highest BCUT2D eigenvalue weighted by atomic mass is 79.9. The molecule has 0 radical (unpaired) electrons. The van der Waals surface area contributed by atoms with E-state index in [9.17, 15) is 14.4 Å². The average molecular weight is 525 g/mol. The van der Waals surface area contributed by atoms with Crippen molar-refractivity contribution in [2.75, 3.05) is 12.3 Å². The third-order valence-corrected chi connectivity index (χ3v) is 5.70. The van der Waals surface area contributed by atoms with Gasteiger partial charge < -0.3 is 15.8 Å². The Morgan fingerprint density at radius 1 is 1.12 bits per heavy atom. The molecule has 0 aliphatic heterocycles. The van der Waals surface area contributed by atoms with Crippen LogP contribution >= 0.6 is 15.9 Å². The van der Waals surface area contributed by atoms with E-state index >= 15 is 0 Å². The molecule has 0 aliphatic carbocycles. The number of ether oxygens (including phenoxy) is 1. The zero-order valence-electron chi connectivity index (χ0n) is 18.2. The fraction of sp³-hybridized carbons (Fsp3) is 0.174. The zero-order valence-corrected chi connectivity index (χ0v) is 19.8. The molecule has 174 valence electrons. The second-order valence-electron chi connectivity index (χ2n) is 7.46. The Kier molecular flexibility index (Phi) is 6.73. The van der Waals surface area contributed by atoms with E-state index in [2.05, 4.69) is 31.2 Å². The van der Waals surface area contributed by atoms with Crippen molar-refractivity contribution in [1.82, 2.24) is 24.4 Å². The number of pyridine rings is 2. The van der Waals surface area contributed by atoms with E-state index in [-0.39, 0.29) is 30.8 Å². The van der Waals surface area contributed by atoms with Crippen LogP contribution < -0.4 is 27.0 Å². The van der Waals surface area contributed by atoms with E-state index in [1.807, 2.05) is 12.1 Å². The van der Waals surface area contributed by atoms with Crippen LogP contribution in [-0.2, 0) is 20.1 Å². The van der Waals surface area contributed by atoms with Crippen molar-refractivity contribution in [3.63, 3.8) is 0 Å². The van der Waals surface area contributed by atoms with Crippen molar-refractivity contribution in [3.8, 4) is 5.75 Å². The van der Waals surface area contributed by atoms with Crippen LogP contribution in [0.25, 0.3) is 10.9 Å². The van der Waals surface area contributed by atoms with Crippen molar-refractivity contribution >= 4 is 38.6 Å². The van der Waals surface area contributed by atoms with Gasteiger partial charge in [-0.25, -0.2) is 14.8 Å². The van der Waals surface area contributed by atoms with Crippen LogP contribution in [0.15, 0.2) is 68.9 Å². The van der Waals surface area contributed by atoms with Gasteiger partial charge in [0.15, 0.2) is 0 Å². The number of carbonyl (C=O) groups is 1. The Morgan fingerprint density at radius 3 is 2.59 bits per heavy atom. The molecule has 4 rings (SSSR count). The summed E-state index contributed by atoms with van der Waals surface area (Å²) in [6.07, 6.45) is 2.91. The smallest absolute Gasteiger partial charge is 0.331 e. The number of benzene rings is 1. The highest BCUT2D eigenvalue weighted by Crippen LogP contribution is 2.16. The van der Waals surface area contributed by atoms with Crippen LogP contribution in [0.5, 0.6) is 5.75 Å². The maximum Gasteiger partial charge on any atom is 0.331 e. The Morgan fingerprint density at radius 2 is 1.88 bits per heavy atom. The highest BCUT2D eigenvalue weighted by molar-refractivity contribution is 9.10. The molecule has 1 amide bonds. The summed E-state index contributed by atoms with van der Waals surface area (Å²) >= 11 is 3.35. The largest absolute Gasteiger partial charge is 0.492 e. The lowest BCUT2D eigenvalue weighted by atomic mass is 10.2. The van der Waals surface area contributed by atoms with Gasteiger partial charge in [0.1, 0.15) is 23.9 Å². The first-order valence-corrected chi connectivity index (χ1v) is 11.1. The maximum atomic E-state index is 13.1. The number of nitrogens with two attached hydrogens (primary N) is 1. The summed E-state index contributed by atoms with van der Waals surface area (Å²) in [5, 5.41) is 2.94. The number of hydrogen-bond donors (Lipinski definition) is 2. The summed E-state index contributed by atoms with van der Waals surface area (Å²) in [6.45, 7) is 0.387. The third-order valence-electron chi connectivity index (χ3n) is 5.17. The molecule has 4 aromatic rings. The number of fused-ring (bicyclic) bond motifs is 1. The molecule has 10 nitrogen and oxygen atoms in total. The van der Waals surface area contributed by atoms with Crippen LogP contribution in [-0.4, -0.2) is 31.6 Å². The lowest BCUT2D eigenvalue weighted by Gasteiger charge is -2.12. The van der Waals surface area contributed by atoms with Gasteiger partial charge in [0.2, 0.25) is 0 Å². The quantitative estimate of drug-likeness (QED) is 0.376. The van der Waals surface area contributed by atoms with Crippen LogP contribution in [0.3, 0.4) is 0 Å². The number of rotatable bonds is 7. The first-order valence-electron chi connectivity index (χ1n) is 10.3. The number of aromatic nitrogens is 4. The van der Waals surface area contributed by atoms with E-state index in [1.54, 1.807) is 37.5 Å². The predicted octanol–water partition coefficient (Wildman–Crippen LogP) is 1.84. The van der Waals surface area contributed by atoms with Crippen LogP contribution in [0, 0.1) is 0 Å². The average Bonchev–Trinajstić information content (AvgIpc) is 2.85. The van der Waals surface area contributed by atoms with Gasteiger partial charge in [-0.15, -0.1) is 0 Å². The minimum Gasteiger partial charge on any atom is -0.492 e. The number of nitrogen functional groups attached to an aromatic ring is 1. The van der Waals surface area contributed by atoms with Crippen molar-refractivity contribution in [2.45, 2.75) is 13.1 Å². The number of hydrogen-bond acceptors (Lipinski definition) is 7. The first-order chi connectivity index (χ1) is 16.3. The molecule has 0 atom stereocenters. The minimum absolute atomic E-state index is 0.0471. The lowest BCUT2D eigenvalue weighted by Crippen LogP contribution is -2.40. The first kappa shape index (κ1) is 23.2. The lowest BCUT2D eigenvalue weighted by molar-refractivity contribution is 0.0946. The molecule has 0 spiro atoms. The molecule has 1 aromatic carbocycles. The molecule has 11 heteroatoms. The zero-order chi connectivity index (χ0) is 24.2. The molecule has 0 bridgehead atoms. The summed E-state index contributed by atoms with van der Waals surface area (Å²) in [7, 11) is 1.55. The van der Waals surface area contributed by atoms with E-state index in [0.29, 0.717) is 17.1 Å². The van der Waals surface area contributed by atoms with Gasteiger partial charge in [-0.3, -0.25) is 18.7 Å². The molecule has 0 unspecified atom stereocenters. The molecule has 3 N–H and O–H groups in total. The van der Waals surface area contributed by atoms with E-state index in [1.165, 1.54) is 16.8 Å². The van der Waals surface area contributed by atoms with Crippen LogP contribution in [0.4, 0.5) is 5.82 Å². The molecule has 3 aromatic heterocycles. The second kappa shape index (κ2) is 9.87. The molecule has 0 fully saturated rings. The van der Waals surface area contributed by atoms with Gasteiger partial charge in [0, 0.05) is 24.3 Å². The molecule has 34 heavy (non-hydrogen) atoms. The maximum absolute atomic E-state index is 13.1. The second-order valence-corrected chi connectivity index (χ2v) is 8.38. The number of halogens is 1. The Labute approximate surface area is 202 Å². The minimum atomic E-state index is -0.517. The van der Waals surface area contributed by atoms with Crippen molar-refractivity contribution in [3.05, 3.63) is 91.4 Å². The van der Waals surface area contributed by atoms with Crippen molar-refractivity contribution in [2.24, 2.45) is 7.05 Å². The van der Waals surface area contributed by atoms with Gasteiger partial charge >= 0.3 is 5.69 Å². The van der Waals surface area contributed by atoms with Crippen LogP contribution in [0.1, 0.15) is 16.1 Å². The Hall–Kier alpha value is -3.99. The number of nitrogens with one attached hydrogen (secondary N) is 1. The highest BCUT2D eigenvalue weighted by Gasteiger charge is 2.15. The monoisotopic (exact) mass is 524 g/mol. The van der Waals surface area contributed by atoms with E-state index in [4.69, 9.17) is 10.5 Å². The molecular weight excluding hydrogens is 504 g/mol. The van der Waals surface area contributed by atoms with Crippen molar-refractivity contribution in [1.29, 1.82) is 0 Å². The normalized spacial score (nSPS) is 10.9. The van der Waals surface area contributed by atoms with Gasteiger partial charge in [-0.1, -0.05) is 22.0 Å². The topological polar surface area (TPSA) is 134 Å². The molecule has 0 saturated heterocycles. The van der Waals surface area contributed by atoms with Crippen LogP contribution in [0.2, 0.25) is 0 Å². The number of aryl methyl sites for hydroxylation is 1. The number of nitrogens with zero attached hydrogens (tertiary/aromatic N) is 4. The van der Waals surface area contributed by atoms with Gasteiger partial charge in [0.05, 0.1) is 23.6 Å². The number of amides is 1. The Bertz CT molecular complexity index is 1460. The molecular formula is C23H21BrN6O4. The summed E-state index contributed by atoms with van der Waals surface area (Å²) in [6, 6.07) is 12.0. The molecule has 0 saturated carbocycles. The fourth-order valence-electron chi connectivity index (χ4n) is 3.32. The van der Waals surface area contributed by atoms with Gasteiger partial charge in [0.25, 0.3) is 11.5 Å². The molecule has 3 heterocycles. The van der Waals surface area contributed by atoms with E-state index < -0.39 is 17.2 Å². The SMILES string of the molecule is Cn1c(=O)n(CCOc2ccc(Br)cc2)c(=O)c2cc(C(=O)NCc3ccc(N)nc3)ncc21. The summed E-state index contributed by atoms with van der Waals surface area (Å²) in [5.74, 6) is 0.542. The predicted molar refractivity (Wildman–Crippen MR) is 131 cm³/mol. The van der Waals surface area contributed by atoms with E-state index in [0.717, 1.165) is 14.6 Å². The van der Waals surface area contributed by atoms with Gasteiger partial charge in [-0.05, 0) is 42.0 Å². The van der Waals surface area contributed by atoms with Crippen molar-refractivity contribution < 1.29 is 9.53 Å². The summed E-state index contributed by atoms with van der Waals surface area (Å²) in [4.78, 5) is 46.5. The summed E-state index contributed by atoms with van der Waals surface area (Å²) in [5.41, 5.74) is 5.71. The van der Waals surface area contributed by atoms with Gasteiger partial charge in [-0.2, -0.15) is 0 Å². The fourth-order valence-corrected chi connectivity index (χ4v) is 3.59. The Balaban J connectivity index is 1.55.